The van der Waals surface area contributed by atoms with Crippen LogP contribution >= 0.6 is 0 Å². The zero-order valence-corrected chi connectivity index (χ0v) is 25.2. The fourth-order valence-corrected chi connectivity index (χ4v) is 5.38. The molecule has 1 N–H and O–H groups in total. The van der Waals surface area contributed by atoms with Gasteiger partial charge in [0.05, 0.1) is 7.11 Å². The fraction of sp³-hybridized carbons (Fsp3) is 0.588. The molecule has 2 heterocycles. The van der Waals surface area contributed by atoms with Gasteiger partial charge in [-0.3, -0.25) is 4.79 Å². The van der Waals surface area contributed by atoms with Gasteiger partial charge in [-0.05, 0) is 81.5 Å². The average Bonchev–Trinajstić information content (AvgIpc) is 3.62. The molecule has 1 fully saturated rings. The van der Waals surface area contributed by atoms with E-state index in [4.69, 9.17) is 14.2 Å². The summed E-state index contributed by atoms with van der Waals surface area (Å²) in [5.74, 6) is 0.497. The third kappa shape index (κ3) is 11.7. The summed E-state index contributed by atoms with van der Waals surface area (Å²) in [4.78, 5) is 29.8. The van der Waals surface area contributed by atoms with E-state index in [9.17, 15) is 9.59 Å². The van der Waals surface area contributed by atoms with Crippen molar-refractivity contribution >= 4 is 23.0 Å². The van der Waals surface area contributed by atoms with Gasteiger partial charge in [-0.1, -0.05) is 63.3 Å². The number of hydrogen-bond acceptors (Lipinski definition) is 5. The number of rotatable bonds is 19. The van der Waals surface area contributed by atoms with Crippen molar-refractivity contribution in [2.24, 2.45) is 0 Å². The molecule has 1 atom stereocenters. The van der Waals surface area contributed by atoms with Gasteiger partial charge in [0.2, 0.25) is 6.79 Å². The van der Waals surface area contributed by atoms with E-state index in [0.29, 0.717) is 13.0 Å². The third-order valence-electron chi connectivity index (χ3n) is 7.78. The Kier molecular flexibility index (Phi) is 15.0. The first-order valence-electron chi connectivity index (χ1n) is 15.7. The molecule has 7 nitrogen and oxygen atoms in total. The monoisotopic (exact) mass is 566 g/mol. The molecule has 1 aliphatic rings. The van der Waals surface area contributed by atoms with Crippen LogP contribution in [-0.2, 0) is 20.7 Å². The van der Waals surface area contributed by atoms with Gasteiger partial charge in [0.15, 0.2) is 0 Å². The molecular weight excluding hydrogens is 516 g/mol. The van der Waals surface area contributed by atoms with E-state index in [1.807, 2.05) is 24.4 Å². The Morgan fingerprint density at radius 3 is 2.51 bits per heavy atom. The normalized spacial score (nSPS) is 15.4. The molecule has 0 unspecified atom stereocenters. The Balaban J connectivity index is 1.22. The molecule has 0 saturated carbocycles. The molecule has 0 bridgehead atoms. The number of esters is 1. The van der Waals surface area contributed by atoms with Gasteiger partial charge in [-0.15, -0.1) is 0 Å². The van der Waals surface area contributed by atoms with Crippen molar-refractivity contribution in [3.63, 3.8) is 0 Å². The number of carbonyl (C=O) groups excluding carboxylic acids is 2. The van der Waals surface area contributed by atoms with Crippen LogP contribution in [-0.4, -0.2) is 48.4 Å². The van der Waals surface area contributed by atoms with E-state index < -0.39 is 6.09 Å². The highest BCUT2D eigenvalue weighted by Gasteiger charge is 2.30. The highest BCUT2D eigenvalue weighted by molar-refractivity contribution is 5.84. The number of allylic oxidation sites excluding steroid dienone is 4. The molecule has 1 saturated heterocycles. The highest BCUT2D eigenvalue weighted by Crippen LogP contribution is 2.28. The minimum absolute atomic E-state index is 0.0519. The molecule has 3 rings (SSSR count). The average molecular weight is 567 g/mol. The summed E-state index contributed by atoms with van der Waals surface area (Å²) >= 11 is 0. The van der Waals surface area contributed by atoms with Crippen molar-refractivity contribution < 1.29 is 23.8 Å². The second kappa shape index (κ2) is 19.0. The van der Waals surface area contributed by atoms with E-state index in [0.717, 1.165) is 73.6 Å². The second-order valence-electron chi connectivity index (χ2n) is 10.9. The van der Waals surface area contributed by atoms with Crippen LogP contribution in [0.5, 0.6) is 5.75 Å². The number of H-pyrrole nitrogens is 1. The third-order valence-corrected chi connectivity index (χ3v) is 7.78. The number of likely N-dealkylation sites (tertiary alicyclic amines) is 1. The molecule has 2 aromatic rings. The van der Waals surface area contributed by atoms with Gasteiger partial charge in [-0.2, -0.15) is 0 Å². The van der Waals surface area contributed by atoms with E-state index in [-0.39, 0.29) is 18.8 Å². The zero-order chi connectivity index (χ0) is 29.1. The number of fused-ring (bicyclic) bond motifs is 1. The predicted octanol–water partition coefficient (Wildman–Crippen LogP) is 8.63. The fourth-order valence-electron chi connectivity index (χ4n) is 5.38. The molecule has 7 heteroatoms. The van der Waals surface area contributed by atoms with Crippen LogP contribution in [0.4, 0.5) is 4.79 Å². The maximum Gasteiger partial charge on any atom is 0.412 e. The molecule has 1 aliphatic heterocycles. The predicted molar refractivity (Wildman–Crippen MR) is 165 cm³/mol. The first-order chi connectivity index (χ1) is 20.1. The molecule has 1 amide bonds. The molecule has 41 heavy (non-hydrogen) atoms. The molecular formula is C34H50N2O5. The van der Waals surface area contributed by atoms with E-state index in [1.165, 1.54) is 38.5 Å². The SMILES string of the molecule is CCCCC/C=C\C/C=C\CCCCCCCC(=O)OCOC(=O)N1CCC[C@@H]1Cc1c[nH]c2ccc(OC)cc12. The highest BCUT2D eigenvalue weighted by atomic mass is 16.7. The van der Waals surface area contributed by atoms with Crippen molar-refractivity contribution in [1.82, 2.24) is 9.88 Å². The van der Waals surface area contributed by atoms with Crippen molar-refractivity contribution in [2.45, 2.75) is 109 Å². The van der Waals surface area contributed by atoms with E-state index >= 15 is 0 Å². The van der Waals surface area contributed by atoms with Crippen LogP contribution in [0.25, 0.3) is 10.9 Å². The van der Waals surface area contributed by atoms with Gasteiger partial charge < -0.3 is 24.1 Å². The lowest BCUT2D eigenvalue weighted by Gasteiger charge is -2.23. The van der Waals surface area contributed by atoms with Crippen LogP contribution in [0.3, 0.4) is 0 Å². The van der Waals surface area contributed by atoms with Crippen LogP contribution in [0.2, 0.25) is 0 Å². The van der Waals surface area contributed by atoms with Crippen molar-refractivity contribution in [2.75, 3.05) is 20.4 Å². The van der Waals surface area contributed by atoms with Crippen LogP contribution < -0.4 is 4.74 Å². The Labute approximate surface area is 246 Å². The summed E-state index contributed by atoms with van der Waals surface area (Å²) < 4.78 is 15.8. The Bertz CT molecular complexity index is 1110. The first kappa shape index (κ1) is 32.3. The standard InChI is InChI=1S/C34H50N2O5/c1-3-4-5-6-7-8-9-10-11-12-13-14-15-16-17-20-33(37)40-27-41-34(38)36-23-18-19-29(36)24-28-26-35-32-22-21-30(39-2)25-31(28)32/h7-8,10-11,21-22,25-26,29,35H,3-6,9,12-20,23-24,27H2,1-2H3/b8-7-,11-10-/t29-/m1/s1. The van der Waals surface area contributed by atoms with Gasteiger partial charge >= 0.3 is 12.1 Å². The number of hydrogen-bond donors (Lipinski definition) is 1. The Morgan fingerprint density at radius 2 is 1.73 bits per heavy atom. The van der Waals surface area contributed by atoms with Gasteiger partial charge in [0.25, 0.3) is 0 Å². The summed E-state index contributed by atoms with van der Waals surface area (Å²) in [7, 11) is 1.66. The van der Waals surface area contributed by atoms with Crippen LogP contribution in [0.15, 0.2) is 48.7 Å². The summed E-state index contributed by atoms with van der Waals surface area (Å²) in [5, 5.41) is 1.10. The molecule has 0 radical (unpaired) electrons. The molecule has 226 valence electrons. The molecule has 1 aromatic heterocycles. The number of aromatic amines is 1. The minimum atomic E-state index is -0.422. The van der Waals surface area contributed by atoms with Crippen molar-refractivity contribution in [3.8, 4) is 5.75 Å². The maximum absolute atomic E-state index is 12.7. The smallest absolute Gasteiger partial charge is 0.412 e. The van der Waals surface area contributed by atoms with Crippen molar-refractivity contribution in [1.29, 1.82) is 0 Å². The first-order valence-corrected chi connectivity index (χ1v) is 15.7. The number of methoxy groups -OCH3 is 1. The summed E-state index contributed by atoms with van der Waals surface area (Å²) in [6, 6.07) is 6.00. The number of benzene rings is 1. The lowest BCUT2D eigenvalue weighted by molar-refractivity contribution is -0.152. The van der Waals surface area contributed by atoms with Gasteiger partial charge in [0, 0.05) is 36.1 Å². The minimum Gasteiger partial charge on any atom is -0.497 e. The zero-order valence-electron chi connectivity index (χ0n) is 25.2. The Morgan fingerprint density at radius 1 is 0.976 bits per heavy atom. The molecule has 0 spiro atoms. The number of nitrogens with zero attached hydrogens (tertiary/aromatic N) is 1. The summed E-state index contributed by atoms with van der Waals surface area (Å²) in [5.41, 5.74) is 2.19. The molecule has 1 aromatic carbocycles. The number of ether oxygens (including phenoxy) is 3. The second-order valence-corrected chi connectivity index (χ2v) is 10.9. The van der Waals surface area contributed by atoms with Crippen molar-refractivity contribution in [3.05, 3.63) is 54.3 Å². The lowest BCUT2D eigenvalue weighted by Crippen LogP contribution is -2.37. The van der Waals surface area contributed by atoms with Crippen LogP contribution in [0, 0.1) is 0 Å². The summed E-state index contributed by atoms with van der Waals surface area (Å²) in [6.07, 6.45) is 26.1. The van der Waals surface area contributed by atoms with E-state index in [2.05, 4.69) is 36.2 Å². The summed E-state index contributed by atoms with van der Waals surface area (Å²) in [6.45, 7) is 2.55. The number of amides is 1. The van der Waals surface area contributed by atoms with E-state index in [1.54, 1.807) is 12.0 Å². The Hall–Kier alpha value is -3.22. The quantitative estimate of drug-likeness (QED) is 0.0797. The largest absolute Gasteiger partial charge is 0.497 e. The molecule has 0 aliphatic carbocycles. The number of aromatic nitrogens is 1. The lowest BCUT2D eigenvalue weighted by atomic mass is 10.0. The van der Waals surface area contributed by atoms with Gasteiger partial charge in [-0.25, -0.2) is 4.79 Å². The topological polar surface area (TPSA) is 80.9 Å². The van der Waals surface area contributed by atoms with Gasteiger partial charge in [0.1, 0.15) is 5.75 Å². The number of unbranched alkanes of at least 4 members (excludes halogenated alkanes) is 8. The number of nitrogens with one attached hydrogen (secondary N) is 1. The maximum atomic E-state index is 12.7. The number of carbonyl (C=O) groups is 2. The van der Waals surface area contributed by atoms with Crippen LogP contribution in [0.1, 0.15) is 102 Å².